The van der Waals surface area contributed by atoms with Gasteiger partial charge in [0.05, 0.1) is 13.3 Å². The number of amides is 1. The van der Waals surface area contributed by atoms with Gasteiger partial charge in [-0.2, -0.15) is 8.78 Å². The first kappa shape index (κ1) is 23.5. The molecule has 3 aromatic carbocycles. The number of carbonyl (C=O) groups excluding carboxylic acids is 1. The van der Waals surface area contributed by atoms with Crippen molar-refractivity contribution in [2.75, 3.05) is 19.0 Å². The molecule has 7 nitrogen and oxygen atoms in total. The van der Waals surface area contributed by atoms with Gasteiger partial charge in [-0.3, -0.25) is 4.79 Å². The van der Waals surface area contributed by atoms with E-state index in [0.29, 0.717) is 29.4 Å². The molecule has 0 fully saturated rings. The quantitative estimate of drug-likeness (QED) is 0.329. The normalized spacial score (nSPS) is 10.8. The first-order valence-electron chi connectivity index (χ1n) is 9.88. The third-order valence-electron chi connectivity index (χ3n) is 4.26. The van der Waals surface area contributed by atoms with Gasteiger partial charge in [0.15, 0.2) is 18.1 Å². The molecule has 0 aliphatic carbocycles. The molecule has 0 heterocycles. The first-order valence-corrected chi connectivity index (χ1v) is 9.88. The summed E-state index contributed by atoms with van der Waals surface area (Å²) in [4.78, 5) is 16.9. The molecule has 0 unspecified atom stereocenters. The maximum absolute atomic E-state index is 12.2. The number of benzene rings is 3. The van der Waals surface area contributed by atoms with Crippen LogP contribution < -0.4 is 19.5 Å². The fourth-order valence-corrected chi connectivity index (χ4v) is 2.73. The van der Waals surface area contributed by atoms with Crippen LogP contribution in [0.25, 0.3) is 0 Å². The minimum absolute atomic E-state index is 0.00392. The summed E-state index contributed by atoms with van der Waals surface area (Å²) in [7, 11) is 1.54. The minimum atomic E-state index is -2.91. The third kappa shape index (κ3) is 7.80. The highest BCUT2D eigenvalue weighted by Gasteiger charge is 2.07. The van der Waals surface area contributed by atoms with Crippen molar-refractivity contribution >= 4 is 17.8 Å². The number of oxime groups is 1. The number of nitrogens with one attached hydrogen (secondary N) is 1. The molecule has 0 atom stereocenters. The number of rotatable bonds is 11. The summed E-state index contributed by atoms with van der Waals surface area (Å²) in [6, 6.07) is 20.5. The molecule has 0 aliphatic rings. The van der Waals surface area contributed by atoms with Gasteiger partial charge in [-0.15, -0.1) is 0 Å². The van der Waals surface area contributed by atoms with Crippen molar-refractivity contribution in [3.63, 3.8) is 0 Å². The van der Waals surface area contributed by atoms with Gasteiger partial charge in [-0.25, -0.2) is 0 Å². The standard InChI is InChI=1S/C24H22F2N2O5/c1-30-22-13-18(7-12-21(22)31-15-17-5-3-2-4-6-17)14-27-32-16-23(29)28-19-8-10-20(11-9-19)33-24(25)26/h2-14,24H,15-16H2,1H3,(H,28,29)/b27-14-. The summed E-state index contributed by atoms with van der Waals surface area (Å²) in [6.07, 6.45) is 1.44. The van der Waals surface area contributed by atoms with E-state index in [1.807, 2.05) is 30.3 Å². The smallest absolute Gasteiger partial charge is 0.387 e. The number of nitrogens with zero attached hydrogens (tertiary/aromatic N) is 1. The molecule has 0 saturated carbocycles. The molecule has 0 aromatic heterocycles. The molecule has 172 valence electrons. The van der Waals surface area contributed by atoms with Crippen LogP contribution in [-0.2, 0) is 16.2 Å². The van der Waals surface area contributed by atoms with Crippen molar-refractivity contribution in [2.45, 2.75) is 13.2 Å². The summed E-state index contributed by atoms with van der Waals surface area (Å²) < 4.78 is 39.7. The monoisotopic (exact) mass is 456 g/mol. The summed E-state index contributed by atoms with van der Waals surface area (Å²) in [5, 5.41) is 6.34. The van der Waals surface area contributed by atoms with Gasteiger partial charge in [0.25, 0.3) is 5.91 Å². The van der Waals surface area contributed by atoms with Crippen LogP contribution >= 0.6 is 0 Å². The molecular weight excluding hydrogens is 434 g/mol. The molecule has 1 amide bonds. The van der Waals surface area contributed by atoms with Gasteiger partial charge in [-0.1, -0.05) is 35.5 Å². The lowest BCUT2D eigenvalue weighted by Crippen LogP contribution is -2.16. The zero-order chi connectivity index (χ0) is 23.5. The molecule has 33 heavy (non-hydrogen) atoms. The van der Waals surface area contributed by atoms with Crippen LogP contribution in [-0.4, -0.2) is 32.4 Å². The second-order valence-corrected chi connectivity index (χ2v) is 6.64. The molecular formula is C24H22F2N2O5. The van der Waals surface area contributed by atoms with E-state index in [4.69, 9.17) is 14.3 Å². The van der Waals surface area contributed by atoms with Crippen LogP contribution in [0.2, 0.25) is 0 Å². The molecule has 1 N–H and O–H groups in total. The topological polar surface area (TPSA) is 78.4 Å². The predicted octanol–water partition coefficient (Wildman–Crippen LogP) is 4.86. The average Bonchev–Trinajstić information content (AvgIpc) is 2.82. The van der Waals surface area contributed by atoms with E-state index in [1.54, 1.807) is 25.3 Å². The maximum atomic E-state index is 12.2. The van der Waals surface area contributed by atoms with Crippen LogP contribution in [0.15, 0.2) is 78.0 Å². The lowest BCUT2D eigenvalue weighted by Gasteiger charge is -2.11. The van der Waals surface area contributed by atoms with Crippen LogP contribution in [0.4, 0.5) is 14.5 Å². The molecule has 0 aliphatic heterocycles. The molecule has 0 saturated heterocycles. The third-order valence-corrected chi connectivity index (χ3v) is 4.26. The average molecular weight is 456 g/mol. The van der Waals surface area contributed by atoms with E-state index in [-0.39, 0.29) is 12.4 Å². The molecule has 0 radical (unpaired) electrons. The molecule has 3 rings (SSSR count). The van der Waals surface area contributed by atoms with E-state index >= 15 is 0 Å². The lowest BCUT2D eigenvalue weighted by atomic mass is 10.2. The molecule has 0 spiro atoms. The van der Waals surface area contributed by atoms with Crippen molar-refractivity contribution in [3.8, 4) is 17.2 Å². The van der Waals surface area contributed by atoms with Crippen LogP contribution in [0.3, 0.4) is 0 Å². The molecule has 9 heteroatoms. The van der Waals surface area contributed by atoms with Crippen molar-refractivity contribution in [2.24, 2.45) is 5.16 Å². The van der Waals surface area contributed by atoms with Crippen molar-refractivity contribution < 1.29 is 32.6 Å². The second kappa shape index (κ2) is 12.0. The maximum Gasteiger partial charge on any atom is 0.387 e. The number of ether oxygens (including phenoxy) is 3. The first-order chi connectivity index (χ1) is 16.0. The van der Waals surface area contributed by atoms with Gasteiger partial charge >= 0.3 is 6.61 Å². The van der Waals surface area contributed by atoms with Gasteiger partial charge < -0.3 is 24.4 Å². The number of carbonyl (C=O) groups is 1. The Balaban J connectivity index is 1.46. The Bertz CT molecular complexity index is 1060. The Morgan fingerprint density at radius 1 is 1.03 bits per heavy atom. The van der Waals surface area contributed by atoms with Gasteiger partial charge in [0.2, 0.25) is 0 Å². The number of methoxy groups -OCH3 is 1. The molecule has 0 bridgehead atoms. The van der Waals surface area contributed by atoms with Crippen molar-refractivity contribution in [1.82, 2.24) is 0 Å². The van der Waals surface area contributed by atoms with E-state index in [2.05, 4.69) is 15.2 Å². The van der Waals surface area contributed by atoms with E-state index in [0.717, 1.165) is 5.56 Å². The Labute approximate surface area is 189 Å². The van der Waals surface area contributed by atoms with E-state index < -0.39 is 12.5 Å². The Morgan fingerprint density at radius 2 is 1.79 bits per heavy atom. The number of halogens is 2. The van der Waals surface area contributed by atoms with Crippen LogP contribution in [0, 0.1) is 0 Å². The summed E-state index contributed by atoms with van der Waals surface area (Å²) in [5.74, 6) is 0.656. The summed E-state index contributed by atoms with van der Waals surface area (Å²) >= 11 is 0. The Hall–Kier alpha value is -4.14. The van der Waals surface area contributed by atoms with Crippen molar-refractivity contribution in [1.29, 1.82) is 0 Å². The lowest BCUT2D eigenvalue weighted by molar-refractivity contribution is -0.120. The number of anilines is 1. The zero-order valence-corrected chi connectivity index (χ0v) is 17.7. The van der Waals surface area contributed by atoms with Gasteiger partial charge in [0.1, 0.15) is 12.4 Å². The highest BCUT2D eigenvalue weighted by atomic mass is 19.3. The van der Waals surface area contributed by atoms with E-state index in [1.165, 1.54) is 30.5 Å². The Kier molecular flexibility index (Phi) is 8.58. The summed E-state index contributed by atoms with van der Waals surface area (Å²) in [5.41, 5.74) is 2.13. The zero-order valence-electron chi connectivity index (χ0n) is 17.7. The highest BCUT2D eigenvalue weighted by Crippen LogP contribution is 2.28. The fraction of sp³-hybridized carbons (Fsp3) is 0.167. The fourth-order valence-electron chi connectivity index (χ4n) is 2.73. The predicted molar refractivity (Wildman–Crippen MR) is 119 cm³/mol. The number of hydrogen-bond donors (Lipinski definition) is 1. The molecule has 3 aromatic rings. The van der Waals surface area contributed by atoms with Gasteiger partial charge in [0, 0.05) is 11.3 Å². The van der Waals surface area contributed by atoms with Crippen LogP contribution in [0.5, 0.6) is 17.2 Å². The van der Waals surface area contributed by atoms with E-state index in [9.17, 15) is 13.6 Å². The van der Waals surface area contributed by atoms with Crippen LogP contribution in [0.1, 0.15) is 11.1 Å². The summed E-state index contributed by atoms with van der Waals surface area (Å²) in [6.45, 7) is -2.83. The largest absolute Gasteiger partial charge is 0.493 e. The second-order valence-electron chi connectivity index (χ2n) is 6.64. The van der Waals surface area contributed by atoms with Gasteiger partial charge in [-0.05, 0) is 48.0 Å². The highest BCUT2D eigenvalue weighted by molar-refractivity contribution is 5.91. The van der Waals surface area contributed by atoms with Crippen molar-refractivity contribution in [3.05, 3.63) is 83.9 Å². The SMILES string of the molecule is COc1cc(/C=N\OCC(=O)Nc2ccc(OC(F)F)cc2)ccc1OCc1ccccc1. The minimum Gasteiger partial charge on any atom is -0.493 e. The Morgan fingerprint density at radius 3 is 2.48 bits per heavy atom. The number of alkyl halides is 2. The number of hydrogen-bond acceptors (Lipinski definition) is 6.